The van der Waals surface area contributed by atoms with Crippen LogP contribution < -0.4 is 5.73 Å². The summed E-state index contributed by atoms with van der Waals surface area (Å²) in [6.45, 7) is 10.1. The van der Waals surface area contributed by atoms with E-state index in [-0.39, 0.29) is 0 Å². The highest BCUT2D eigenvalue weighted by atomic mass is 16.3. The van der Waals surface area contributed by atoms with Crippen LogP contribution >= 0.6 is 0 Å². The van der Waals surface area contributed by atoms with Crippen LogP contribution in [0.15, 0.2) is 0 Å². The number of hydrogen-bond donors (Lipinski definition) is 2. The average Bonchev–Trinajstić information content (AvgIpc) is 2.44. The zero-order valence-electron chi connectivity index (χ0n) is 9.66. The molecule has 0 spiro atoms. The number of likely N-dealkylation sites (tertiary alicyclic amines) is 1. The van der Waals surface area contributed by atoms with Gasteiger partial charge in [0.05, 0.1) is 5.60 Å². The number of rotatable bonds is 4. The molecule has 1 fully saturated rings. The first-order valence-corrected chi connectivity index (χ1v) is 5.59. The molecule has 0 aliphatic carbocycles. The van der Waals surface area contributed by atoms with Gasteiger partial charge in [-0.25, -0.2) is 0 Å². The van der Waals surface area contributed by atoms with Crippen LogP contribution in [0.25, 0.3) is 0 Å². The molecule has 3 nitrogen and oxygen atoms in total. The minimum absolute atomic E-state index is 0.353. The molecule has 14 heavy (non-hydrogen) atoms. The number of aliphatic hydroxyl groups is 1. The Balaban J connectivity index is 2.27. The zero-order chi connectivity index (χ0) is 10.8. The fraction of sp³-hybridized carbons (Fsp3) is 1.00. The standard InChI is InChI=1S/C11H24N2O/c1-9-6-13(7-10(9)2)5-4-11(3,14)8-12/h9-10,14H,4-8,12H2,1-3H3. The molecule has 0 amide bonds. The van der Waals surface area contributed by atoms with E-state index >= 15 is 0 Å². The second-order valence-electron chi connectivity index (χ2n) is 5.17. The van der Waals surface area contributed by atoms with Crippen molar-refractivity contribution in [2.24, 2.45) is 17.6 Å². The summed E-state index contributed by atoms with van der Waals surface area (Å²) in [5.41, 5.74) is 4.79. The van der Waals surface area contributed by atoms with Crippen LogP contribution in [0.1, 0.15) is 27.2 Å². The number of nitrogens with zero attached hydrogens (tertiary/aromatic N) is 1. The molecule has 3 N–H and O–H groups in total. The minimum atomic E-state index is -0.685. The van der Waals surface area contributed by atoms with Gasteiger partial charge in [-0.05, 0) is 25.2 Å². The molecule has 0 bridgehead atoms. The molecular weight excluding hydrogens is 176 g/mol. The summed E-state index contributed by atoms with van der Waals surface area (Å²) in [7, 11) is 0. The van der Waals surface area contributed by atoms with Gasteiger partial charge in [-0.15, -0.1) is 0 Å². The normalized spacial score (nSPS) is 33.2. The van der Waals surface area contributed by atoms with Crippen molar-refractivity contribution in [1.82, 2.24) is 4.90 Å². The van der Waals surface area contributed by atoms with Crippen LogP contribution in [-0.4, -0.2) is 41.8 Å². The van der Waals surface area contributed by atoms with Crippen LogP contribution in [0.4, 0.5) is 0 Å². The van der Waals surface area contributed by atoms with Gasteiger partial charge in [0.25, 0.3) is 0 Å². The van der Waals surface area contributed by atoms with Gasteiger partial charge >= 0.3 is 0 Å². The molecule has 1 aliphatic rings. The lowest BCUT2D eigenvalue weighted by molar-refractivity contribution is 0.0497. The van der Waals surface area contributed by atoms with E-state index in [2.05, 4.69) is 18.7 Å². The van der Waals surface area contributed by atoms with Gasteiger partial charge in [-0.2, -0.15) is 0 Å². The maximum atomic E-state index is 9.76. The van der Waals surface area contributed by atoms with Gasteiger partial charge in [-0.1, -0.05) is 13.8 Å². The van der Waals surface area contributed by atoms with Crippen molar-refractivity contribution in [3.63, 3.8) is 0 Å². The molecule has 0 aromatic carbocycles. The van der Waals surface area contributed by atoms with E-state index in [9.17, 15) is 5.11 Å². The molecular formula is C11H24N2O. The molecule has 0 radical (unpaired) electrons. The first-order valence-electron chi connectivity index (χ1n) is 5.59. The smallest absolute Gasteiger partial charge is 0.0753 e. The number of nitrogens with two attached hydrogens (primary N) is 1. The molecule has 3 unspecified atom stereocenters. The van der Waals surface area contributed by atoms with Crippen LogP contribution in [-0.2, 0) is 0 Å². The molecule has 1 heterocycles. The van der Waals surface area contributed by atoms with Crippen molar-refractivity contribution in [1.29, 1.82) is 0 Å². The molecule has 3 atom stereocenters. The van der Waals surface area contributed by atoms with Crippen molar-refractivity contribution >= 4 is 0 Å². The fourth-order valence-electron chi connectivity index (χ4n) is 1.93. The summed E-state index contributed by atoms with van der Waals surface area (Å²) < 4.78 is 0. The lowest BCUT2D eigenvalue weighted by Gasteiger charge is -2.24. The Morgan fingerprint density at radius 3 is 2.29 bits per heavy atom. The van der Waals surface area contributed by atoms with Gasteiger partial charge in [0, 0.05) is 26.2 Å². The van der Waals surface area contributed by atoms with Crippen LogP contribution in [0.3, 0.4) is 0 Å². The Morgan fingerprint density at radius 1 is 1.36 bits per heavy atom. The molecule has 1 aliphatic heterocycles. The summed E-state index contributed by atoms with van der Waals surface area (Å²) in [4.78, 5) is 2.43. The topological polar surface area (TPSA) is 49.5 Å². The predicted octanol–water partition coefficient (Wildman–Crippen LogP) is 0.674. The van der Waals surface area contributed by atoms with Gasteiger partial charge in [-0.3, -0.25) is 0 Å². The van der Waals surface area contributed by atoms with E-state index in [1.165, 1.54) is 13.1 Å². The maximum absolute atomic E-state index is 9.76. The summed E-state index contributed by atoms with van der Waals surface area (Å²) >= 11 is 0. The SMILES string of the molecule is CC1CN(CCC(C)(O)CN)CC1C. The third-order valence-corrected chi connectivity index (χ3v) is 3.47. The van der Waals surface area contributed by atoms with Crippen molar-refractivity contribution in [2.45, 2.75) is 32.8 Å². The first kappa shape index (κ1) is 12.0. The van der Waals surface area contributed by atoms with Crippen molar-refractivity contribution in [2.75, 3.05) is 26.2 Å². The third kappa shape index (κ3) is 3.23. The highest BCUT2D eigenvalue weighted by molar-refractivity contribution is 4.81. The Labute approximate surface area is 87.3 Å². The molecule has 1 saturated heterocycles. The summed E-state index contributed by atoms with van der Waals surface area (Å²) in [6.07, 6.45) is 0.781. The number of hydrogen-bond acceptors (Lipinski definition) is 3. The average molecular weight is 200 g/mol. The lowest BCUT2D eigenvalue weighted by Crippen LogP contribution is -2.38. The Morgan fingerprint density at radius 2 is 1.86 bits per heavy atom. The molecule has 3 heteroatoms. The van der Waals surface area contributed by atoms with Crippen molar-refractivity contribution in [3.05, 3.63) is 0 Å². The Bertz CT molecular complexity index is 172. The van der Waals surface area contributed by atoms with Gasteiger partial charge in [0.1, 0.15) is 0 Å². The highest BCUT2D eigenvalue weighted by Crippen LogP contribution is 2.22. The largest absolute Gasteiger partial charge is 0.389 e. The summed E-state index contributed by atoms with van der Waals surface area (Å²) in [5.74, 6) is 1.58. The third-order valence-electron chi connectivity index (χ3n) is 3.47. The first-order chi connectivity index (χ1) is 6.44. The summed E-state index contributed by atoms with van der Waals surface area (Å²) in [6, 6.07) is 0. The lowest BCUT2D eigenvalue weighted by atomic mass is 10.0. The molecule has 0 aromatic heterocycles. The molecule has 1 rings (SSSR count). The van der Waals surface area contributed by atoms with Gasteiger partial charge in [0.2, 0.25) is 0 Å². The maximum Gasteiger partial charge on any atom is 0.0753 e. The van der Waals surface area contributed by atoms with Crippen LogP contribution in [0, 0.1) is 11.8 Å². The van der Waals surface area contributed by atoms with E-state index in [0.717, 1.165) is 24.8 Å². The quantitative estimate of drug-likeness (QED) is 0.701. The van der Waals surface area contributed by atoms with Crippen LogP contribution in [0.2, 0.25) is 0 Å². The van der Waals surface area contributed by atoms with E-state index in [4.69, 9.17) is 5.73 Å². The van der Waals surface area contributed by atoms with Crippen molar-refractivity contribution < 1.29 is 5.11 Å². The Kier molecular flexibility index (Phi) is 3.93. The van der Waals surface area contributed by atoms with Gasteiger partial charge in [0.15, 0.2) is 0 Å². The fourth-order valence-corrected chi connectivity index (χ4v) is 1.93. The van der Waals surface area contributed by atoms with E-state index < -0.39 is 5.60 Å². The van der Waals surface area contributed by atoms with E-state index in [1.807, 2.05) is 6.92 Å². The molecule has 0 aromatic rings. The molecule has 0 saturated carbocycles. The monoisotopic (exact) mass is 200 g/mol. The zero-order valence-corrected chi connectivity index (χ0v) is 9.66. The highest BCUT2D eigenvalue weighted by Gasteiger charge is 2.27. The second kappa shape index (κ2) is 4.60. The van der Waals surface area contributed by atoms with Crippen LogP contribution in [0.5, 0.6) is 0 Å². The second-order valence-corrected chi connectivity index (χ2v) is 5.17. The van der Waals surface area contributed by atoms with Gasteiger partial charge < -0.3 is 15.7 Å². The predicted molar refractivity (Wildman–Crippen MR) is 59.1 cm³/mol. The van der Waals surface area contributed by atoms with E-state index in [0.29, 0.717) is 6.54 Å². The van der Waals surface area contributed by atoms with E-state index in [1.54, 1.807) is 0 Å². The van der Waals surface area contributed by atoms with Crippen molar-refractivity contribution in [3.8, 4) is 0 Å². The Hall–Kier alpha value is -0.120. The summed E-state index contributed by atoms with van der Waals surface area (Å²) in [5, 5.41) is 9.76. The minimum Gasteiger partial charge on any atom is -0.389 e. The molecule has 84 valence electrons.